The number of phenolic OH excluding ortho intramolecular Hbond substituents is 1. The van der Waals surface area contributed by atoms with Crippen molar-refractivity contribution in [1.82, 2.24) is 15.4 Å². The number of amides is 1. The van der Waals surface area contributed by atoms with Crippen LogP contribution in [-0.2, 0) is 9.47 Å². The van der Waals surface area contributed by atoms with Crippen LogP contribution in [0.3, 0.4) is 0 Å². The number of ether oxygens (including phenoxy) is 2. The molecule has 1 amide bonds. The summed E-state index contributed by atoms with van der Waals surface area (Å²) in [6, 6.07) is 8.15. The number of benzene rings is 1. The number of anilines is 3. The van der Waals surface area contributed by atoms with Crippen molar-refractivity contribution in [3.8, 4) is 5.75 Å². The molecule has 0 bridgehead atoms. The smallest absolute Gasteiger partial charge is 0.273 e. The zero-order valence-corrected chi connectivity index (χ0v) is 16.0. The van der Waals surface area contributed by atoms with Gasteiger partial charge in [0.15, 0.2) is 5.82 Å². The summed E-state index contributed by atoms with van der Waals surface area (Å²) in [5, 5.41) is 9.86. The summed E-state index contributed by atoms with van der Waals surface area (Å²) in [6.07, 6.45) is 0. The Morgan fingerprint density at radius 3 is 2.31 bits per heavy atom. The molecule has 0 unspecified atom stereocenters. The van der Waals surface area contributed by atoms with Crippen LogP contribution in [-0.4, -0.2) is 73.6 Å². The first kappa shape index (κ1) is 19.2. The Morgan fingerprint density at radius 2 is 1.62 bits per heavy atom. The number of aromatic hydroxyl groups is 1. The second kappa shape index (κ2) is 8.93. The van der Waals surface area contributed by atoms with Gasteiger partial charge in [0.05, 0.1) is 32.0 Å². The van der Waals surface area contributed by atoms with Gasteiger partial charge in [-0.05, 0) is 12.1 Å². The highest BCUT2D eigenvalue weighted by Crippen LogP contribution is 2.22. The average Bonchev–Trinajstić information content (AvgIpc) is 2.79. The zero-order chi connectivity index (χ0) is 20.1. The molecule has 0 saturated carbocycles. The van der Waals surface area contributed by atoms with E-state index in [1.165, 1.54) is 6.07 Å². The van der Waals surface area contributed by atoms with Crippen molar-refractivity contribution in [2.24, 2.45) is 0 Å². The molecule has 0 radical (unpaired) electrons. The molecule has 1 aromatic carbocycles. The lowest BCUT2D eigenvalue weighted by Gasteiger charge is -2.31. The van der Waals surface area contributed by atoms with Crippen LogP contribution in [0.1, 0.15) is 10.4 Å². The second-order valence-corrected chi connectivity index (χ2v) is 6.71. The minimum Gasteiger partial charge on any atom is -0.507 e. The molecular formula is C19H24N6O4. The fourth-order valence-electron chi connectivity index (χ4n) is 3.20. The minimum atomic E-state index is -0.456. The van der Waals surface area contributed by atoms with Crippen LogP contribution in [0.5, 0.6) is 5.75 Å². The third-order valence-corrected chi connectivity index (χ3v) is 4.78. The predicted molar refractivity (Wildman–Crippen MR) is 107 cm³/mol. The number of phenols is 1. The van der Waals surface area contributed by atoms with Gasteiger partial charge in [0, 0.05) is 32.2 Å². The number of aromatic nitrogens is 2. The molecule has 2 saturated heterocycles. The summed E-state index contributed by atoms with van der Waals surface area (Å²) in [5.41, 5.74) is 5.62. The van der Waals surface area contributed by atoms with Crippen molar-refractivity contribution in [3.63, 3.8) is 0 Å². The summed E-state index contributed by atoms with van der Waals surface area (Å²) in [4.78, 5) is 25.8. The van der Waals surface area contributed by atoms with Gasteiger partial charge in [-0.15, -0.1) is 0 Å². The molecule has 2 fully saturated rings. The highest BCUT2D eigenvalue weighted by Gasteiger charge is 2.20. The number of para-hydroxylation sites is 1. The number of nitrogens with zero attached hydrogens (tertiary/aromatic N) is 4. The van der Waals surface area contributed by atoms with Crippen molar-refractivity contribution >= 4 is 23.5 Å². The van der Waals surface area contributed by atoms with Crippen LogP contribution in [0, 0.1) is 0 Å². The van der Waals surface area contributed by atoms with Gasteiger partial charge in [-0.25, -0.2) is 0 Å². The maximum absolute atomic E-state index is 12.4. The standard InChI is InChI=1S/C19H24N6O4/c26-15-4-2-1-3-14(15)18(27)23-22-16-13-17(24-5-9-28-10-6-24)21-19(20-16)25-7-11-29-12-8-25/h1-4,13,26H,5-12H2,(H,23,27)(H,20,21,22). The molecule has 29 heavy (non-hydrogen) atoms. The predicted octanol–water partition coefficient (Wildman–Crippen LogP) is 0.612. The Kier molecular flexibility index (Phi) is 5.92. The molecule has 10 heteroatoms. The zero-order valence-electron chi connectivity index (χ0n) is 16.0. The lowest BCUT2D eigenvalue weighted by Crippen LogP contribution is -2.40. The number of hydrogen-bond acceptors (Lipinski definition) is 9. The molecular weight excluding hydrogens is 376 g/mol. The van der Waals surface area contributed by atoms with E-state index in [0.717, 1.165) is 18.9 Å². The van der Waals surface area contributed by atoms with Gasteiger partial charge >= 0.3 is 0 Å². The maximum Gasteiger partial charge on any atom is 0.273 e. The van der Waals surface area contributed by atoms with E-state index in [9.17, 15) is 9.90 Å². The largest absolute Gasteiger partial charge is 0.507 e. The summed E-state index contributed by atoms with van der Waals surface area (Å²) in [5.74, 6) is 1.27. The van der Waals surface area contributed by atoms with Crippen molar-refractivity contribution in [2.45, 2.75) is 0 Å². The molecule has 2 aliphatic heterocycles. The third-order valence-electron chi connectivity index (χ3n) is 4.78. The molecule has 154 valence electrons. The number of carbonyl (C=O) groups excluding carboxylic acids is 1. The molecule has 3 N–H and O–H groups in total. The number of hydrogen-bond donors (Lipinski definition) is 3. The molecule has 0 spiro atoms. The molecule has 1 aromatic heterocycles. The molecule has 4 rings (SSSR count). The van der Waals surface area contributed by atoms with E-state index in [-0.39, 0.29) is 11.3 Å². The minimum absolute atomic E-state index is 0.0856. The van der Waals surface area contributed by atoms with E-state index in [2.05, 4.69) is 25.6 Å². The highest BCUT2D eigenvalue weighted by molar-refractivity contribution is 5.97. The summed E-state index contributed by atoms with van der Waals surface area (Å²) in [6.45, 7) is 5.42. The first-order chi connectivity index (χ1) is 14.2. The molecule has 2 aliphatic rings. The van der Waals surface area contributed by atoms with Crippen LogP contribution in [0.15, 0.2) is 30.3 Å². The fraction of sp³-hybridized carbons (Fsp3) is 0.421. The summed E-state index contributed by atoms with van der Waals surface area (Å²) in [7, 11) is 0. The normalized spacial score (nSPS) is 17.1. The van der Waals surface area contributed by atoms with Crippen molar-refractivity contribution in [1.29, 1.82) is 0 Å². The van der Waals surface area contributed by atoms with Gasteiger partial charge in [0.1, 0.15) is 11.6 Å². The Morgan fingerprint density at radius 1 is 0.966 bits per heavy atom. The number of morpholine rings is 2. The van der Waals surface area contributed by atoms with Crippen LogP contribution >= 0.6 is 0 Å². The Hall–Kier alpha value is -3.11. The number of carbonyl (C=O) groups is 1. The van der Waals surface area contributed by atoms with E-state index < -0.39 is 5.91 Å². The summed E-state index contributed by atoms with van der Waals surface area (Å²) < 4.78 is 10.8. The van der Waals surface area contributed by atoms with E-state index >= 15 is 0 Å². The van der Waals surface area contributed by atoms with Gasteiger partial charge in [0.2, 0.25) is 5.95 Å². The lowest BCUT2D eigenvalue weighted by atomic mass is 10.2. The lowest BCUT2D eigenvalue weighted by molar-refractivity contribution is 0.0960. The number of rotatable bonds is 5. The van der Waals surface area contributed by atoms with Crippen LogP contribution < -0.4 is 20.7 Å². The van der Waals surface area contributed by atoms with Crippen LogP contribution in [0.2, 0.25) is 0 Å². The topological polar surface area (TPSA) is 112 Å². The maximum atomic E-state index is 12.4. The first-order valence-corrected chi connectivity index (χ1v) is 9.59. The highest BCUT2D eigenvalue weighted by atomic mass is 16.5. The third kappa shape index (κ3) is 4.66. The van der Waals surface area contributed by atoms with E-state index in [1.807, 2.05) is 0 Å². The van der Waals surface area contributed by atoms with Gasteiger partial charge < -0.3 is 24.4 Å². The van der Waals surface area contributed by atoms with Gasteiger partial charge in [-0.2, -0.15) is 9.97 Å². The quantitative estimate of drug-likeness (QED) is 0.622. The molecule has 3 heterocycles. The van der Waals surface area contributed by atoms with E-state index in [4.69, 9.17) is 14.5 Å². The average molecular weight is 400 g/mol. The number of nitrogens with one attached hydrogen (secondary N) is 2. The monoisotopic (exact) mass is 400 g/mol. The van der Waals surface area contributed by atoms with Crippen molar-refractivity contribution in [2.75, 3.05) is 67.8 Å². The fourth-order valence-corrected chi connectivity index (χ4v) is 3.20. The van der Waals surface area contributed by atoms with Crippen molar-refractivity contribution < 1.29 is 19.4 Å². The molecule has 10 nitrogen and oxygen atoms in total. The van der Waals surface area contributed by atoms with Gasteiger partial charge in [-0.3, -0.25) is 15.6 Å². The Bertz CT molecular complexity index is 816. The molecule has 2 aromatic rings. The second-order valence-electron chi connectivity index (χ2n) is 6.71. The van der Waals surface area contributed by atoms with Crippen LogP contribution in [0.4, 0.5) is 17.6 Å². The van der Waals surface area contributed by atoms with Gasteiger partial charge in [-0.1, -0.05) is 12.1 Å². The Balaban J connectivity index is 1.54. The van der Waals surface area contributed by atoms with Crippen molar-refractivity contribution in [3.05, 3.63) is 35.9 Å². The first-order valence-electron chi connectivity index (χ1n) is 9.59. The molecule has 0 atom stereocenters. The number of hydrazine groups is 1. The van der Waals surface area contributed by atoms with E-state index in [1.54, 1.807) is 24.3 Å². The molecule has 0 aliphatic carbocycles. The summed E-state index contributed by atoms with van der Waals surface area (Å²) >= 11 is 0. The van der Waals surface area contributed by atoms with E-state index in [0.29, 0.717) is 51.3 Å². The van der Waals surface area contributed by atoms with Gasteiger partial charge in [0.25, 0.3) is 5.91 Å². The Labute approximate surface area is 168 Å². The van der Waals surface area contributed by atoms with Crippen LogP contribution in [0.25, 0.3) is 0 Å². The SMILES string of the molecule is O=C(NNc1cc(N2CCOCC2)nc(N2CCOCC2)n1)c1ccccc1O.